The van der Waals surface area contributed by atoms with Gasteiger partial charge in [-0.3, -0.25) is 0 Å². The molecule has 136 valence electrons. The number of urea groups is 1. The van der Waals surface area contributed by atoms with Crippen LogP contribution in [0.3, 0.4) is 0 Å². The number of hydrogen-bond donors (Lipinski definition) is 2. The molecule has 0 bridgehead atoms. The second kappa shape index (κ2) is 9.00. The Balaban J connectivity index is 1.45. The predicted octanol–water partition coefficient (Wildman–Crippen LogP) is 3.83. The second-order valence-electron chi connectivity index (χ2n) is 5.67. The van der Waals surface area contributed by atoms with Crippen LogP contribution in [-0.4, -0.2) is 27.6 Å². The molecule has 3 aromatic rings. The molecule has 0 spiro atoms. The first-order valence-electron chi connectivity index (χ1n) is 8.46. The number of benzene rings is 1. The summed E-state index contributed by atoms with van der Waals surface area (Å²) >= 11 is 1.59. The first-order valence-corrected chi connectivity index (χ1v) is 9.40. The first-order chi connectivity index (χ1) is 12.7. The standard InChI is InChI=1S/C18H21N5O2S/c1-2-3-9-25-17-6-4-14(5-7-17)20-18(24)19-11-15-12-23(22-21-15)16-8-10-26-13-16/h4-8,10,12-13H,2-3,9,11H2,1H3,(H2,19,20,24). The fourth-order valence-electron chi connectivity index (χ4n) is 2.21. The molecule has 0 atom stereocenters. The van der Waals surface area contributed by atoms with Gasteiger partial charge in [-0.25, -0.2) is 9.48 Å². The molecule has 26 heavy (non-hydrogen) atoms. The molecule has 3 rings (SSSR count). The number of amides is 2. The van der Waals surface area contributed by atoms with Gasteiger partial charge >= 0.3 is 6.03 Å². The molecule has 0 aliphatic rings. The van der Waals surface area contributed by atoms with Gasteiger partial charge in [0.25, 0.3) is 0 Å². The molecule has 2 aromatic heterocycles. The van der Waals surface area contributed by atoms with Gasteiger partial charge in [-0.2, -0.15) is 11.3 Å². The third-order valence-corrected chi connectivity index (χ3v) is 4.29. The summed E-state index contributed by atoms with van der Waals surface area (Å²) in [6.07, 6.45) is 3.92. The van der Waals surface area contributed by atoms with Crippen LogP contribution >= 0.6 is 11.3 Å². The van der Waals surface area contributed by atoms with Gasteiger partial charge < -0.3 is 15.4 Å². The van der Waals surface area contributed by atoms with E-state index in [9.17, 15) is 4.79 Å². The number of nitrogens with zero attached hydrogens (tertiary/aromatic N) is 3. The summed E-state index contributed by atoms with van der Waals surface area (Å²) in [5.74, 6) is 0.800. The minimum atomic E-state index is -0.297. The number of nitrogens with one attached hydrogen (secondary N) is 2. The second-order valence-corrected chi connectivity index (χ2v) is 6.45. The van der Waals surface area contributed by atoms with E-state index in [4.69, 9.17) is 4.74 Å². The van der Waals surface area contributed by atoms with Crippen molar-refractivity contribution in [3.8, 4) is 11.4 Å². The number of unbranched alkanes of at least 4 members (excludes halogenated alkanes) is 1. The van der Waals surface area contributed by atoms with Crippen LogP contribution in [0.1, 0.15) is 25.5 Å². The number of anilines is 1. The van der Waals surface area contributed by atoms with Crippen molar-refractivity contribution < 1.29 is 9.53 Å². The van der Waals surface area contributed by atoms with Crippen molar-refractivity contribution >= 4 is 23.1 Å². The average Bonchev–Trinajstić information content (AvgIpc) is 3.33. The molecular weight excluding hydrogens is 350 g/mol. The largest absolute Gasteiger partial charge is 0.494 e. The van der Waals surface area contributed by atoms with E-state index in [0.29, 0.717) is 24.5 Å². The lowest BCUT2D eigenvalue weighted by Gasteiger charge is -2.08. The maximum Gasteiger partial charge on any atom is 0.319 e. The van der Waals surface area contributed by atoms with E-state index in [0.717, 1.165) is 24.3 Å². The number of rotatable bonds is 8. The summed E-state index contributed by atoms with van der Waals surface area (Å²) in [7, 11) is 0. The SMILES string of the molecule is CCCCOc1ccc(NC(=O)NCc2cn(-c3ccsc3)nn2)cc1. The van der Waals surface area contributed by atoms with E-state index in [2.05, 4.69) is 27.9 Å². The molecule has 0 fully saturated rings. The average molecular weight is 371 g/mol. The zero-order chi connectivity index (χ0) is 18.2. The molecule has 2 heterocycles. The topological polar surface area (TPSA) is 81.1 Å². The van der Waals surface area contributed by atoms with Crippen molar-refractivity contribution in [3.05, 3.63) is 53.0 Å². The Morgan fingerprint density at radius 2 is 2.12 bits per heavy atom. The molecule has 0 aliphatic carbocycles. The van der Waals surface area contributed by atoms with Crippen molar-refractivity contribution in [2.45, 2.75) is 26.3 Å². The molecule has 2 N–H and O–H groups in total. The van der Waals surface area contributed by atoms with Crippen molar-refractivity contribution in [2.24, 2.45) is 0 Å². The molecule has 7 nitrogen and oxygen atoms in total. The Hall–Kier alpha value is -2.87. The molecule has 0 aliphatic heterocycles. The minimum absolute atomic E-state index is 0.297. The first kappa shape index (κ1) is 17.9. The lowest BCUT2D eigenvalue weighted by atomic mass is 10.3. The van der Waals surface area contributed by atoms with Gasteiger partial charge in [-0.05, 0) is 42.1 Å². The quantitative estimate of drug-likeness (QED) is 0.590. The maximum atomic E-state index is 12.0. The van der Waals surface area contributed by atoms with E-state index < -0.39 is 0 Å². The Labute approximate surface area is 156 Å². The number of aromatic nitrogens is 3. The van der Waals surface area contributed by atoms with Crippen LogP contribution in [0, 0.1) is 0 Å². The smallest absolute Gasteiger partial charge is 0.319 e. The van der Waals surface area contributed by atoms with Gasteiger partial charge in [0.1, 0.15) is 11.4 Å². The van der Waals surface area contributed by atoms with Gasteiger partial charge in [-0.15, -0.1) is 5.10 Å². The summed E-state index contributed by atoms with van der Waals surface area (Å²) in [5.41, 5.74) is 2.35. The summed E-state index contributed by atoms with van der Waals surface area (Å²) in [5, 5.41) is 17.6. The molecule has 0 saturated heterocycles. The van der Waals surface area contributed by atoms with Gasteiger partial charge in [-0.1, -0.05) is 18.6 Å². The highest BCUT2D eigenvalue weighted by molar-refractivity contribution is 7.08. The Kier molecular flexibility index (Phi) is 6.21. The lowest BCUT2D eigenvalue weighted by Crippen LogP contribution is -2.28. The fraction of sp³-hybridized carbons (Fsp3) is 0.278. The van der Waals surface area contributed by atoms with E-state index in [1.807, 2.05) is 41.1 Å². The number of hydrogen-bond acceptors (Lipinski definition) is 5. The van der Waals surface area contributed by atoms with Crippen LogP contribution in [0.15, 0.2) is 47.3 Å². The zero-order valence-corrected chi connectivity index (χ0v) is 15.3. The van der Waals surface area contributed by atoms with Crippen LogP contribution in [-0.2, 0) is 6.54 Å². The molecular formula is C18H21N5O2S. The molecule has 2 amide bonds. The van der Waals surface area contributed by atoms with Crippen LogP contribution in [0.5, 0.6) is 5.75 Å². The Morgan fingerprint density at radius 1 is 1.27 bits per heavy atom. The minimum Gasteiger partial charge on any atom is -0.494 e. The number of carbonyl (C=O) groups is 1. The fourth-order valence-corrected chi connectivity index (χ4v) is 2.83. The summed E-state index contributed by atoms with van der Waals surface area (Å²) < 4.78 is 7.28. The van der Waals surface area contributed by atoms with Gasteiger partial charge in [0, 0.05) is 11.1 Å². The third kappa shape index (κ3) is 5.06. The maximum absolute atomic E-state index is 12.0. The van der Waals surface area contributed by atoms with Crippen LogP contribution in [0.2, 0.25) is 0 Å². The van der Waals surface area contributed by atoms with E-state index in [1.165, 1.54) is 0 Å². The predicted molar refractivity (Wildman–Crippen MR) is 102 cm³/mol. The van der Waals surface area contributed by atoms with Crippen molar-refractivity contribution in [3.63, 3.8) is 0 Å². The molecule has 0 radical (unpaired) electrons. The van der Waals surface area contributed by atoms with Gasteiger partial charge in [0.05, 0.1) is 25.0 Å². The van der Waals surface area contributed by atoms with Crippen LogP contribution in [0.25, 0.3) is 5.69 Å². The summed E-state index contributed by atoms with van der Waals surface area (Å²) in [6, 6.07) is 8.98. The molecule has 0 saturated carbocycles. The van der Waals surface area contributed by atoms with Crippen molar-refractivity contribution in [2.75, 3.05) is 11.9 Å². The van der Waals surface area contributed by atoms with E-state index in [1.54, 1.807) is 22.2 Å². The lowest BCUT2D eigenvalue weighted by molar-refractivity contribution is 0.251. The third-order valence-electron chi connectivity index (χ3n) is 3.62. The monoisotopic (exact) mass is 371 g/mol. The van der Waals surface area contributed by atoms with E-state index in [-0.39, 0.29) is 6.03 Å². The highest BCUT2D eigenvalue weighted by atomic mass is 32.1. The van der Waals surface area contributed by atoms with Gasteiger partial charge in [0.15, 0.2) is 0 Å². The zero-order valence-electron chi connectivity index (χ0n) is 14.5. The molecule has 8 heteroatoms. The number of carbonyl (C=O) groups excluding carboxylic acids is 1. The van der Waals surface area contributed by atoms with Crippen molar-refractivity contribution in [1.29, 1.82) is 0 Å². The summed E-state index contributed by atoms with van der Waals surface area (Å²) in [6.45, 7) is 3.13. The van der Waals surface area contributed by atoms with Gasteiger partial charge in [0.2, 0.25) is 0 Å². The highest BCUT2D eigenvalue weighted by Crippen LogP contribution is 2.16. The number of ether oxygens (including phenoxy) is 1. The molecule has 0 unspecified atom stereocenters. The highest BCUT2D eigenvalue weighted by Gasteiger charge is 2.06. The van der Waals surface area contributed by atoms with Crippen LogP contribution < -0.4 is 15.4 Å². The normalized spacial score (nSPS) is 10.5. The van der Waals surface area contributed by atoms with E-state index >= 15 is 0 Å². The summed E-state index contributed by atoms with van der Waals surface area (Å²) in [4.78, 5) is 12.0. The van der Waals surface area contributed by atoms with Crippen LogP contribution in [0.4, 0.5) is 10.5 Å². The Morgan fingerprint density at radius 3 is 2.85 bits per heavy atom. The number of thiophene rings is 1. The Bertz CT molecular complexity index is 814. The van der Waals surface area contributed by atoms with Crippen molar-refractivity contribution in [1.82, 2.24) is 20.3 Å². The molecule has 1 aromatic carbocycles.